The van der Waals surface area contributed by atoms with E-state index in [1.54, 1.807) is 18.2 Å². The van der Waals surface area contributed by atoms with Crippen molar-refractivity contribution in [2.24, 2.45) is 4.99 Å². The molecule has 0 saturated heterocycles. The van der Waals surface area contributed by atoms with E-state index in [9.17, 15) is 10.5 Å². The molecule has 1 aromatic heterocycles. The van der Waals surface area contributed by atoms with Crippen molar-refractivity contribution in [2.45, 2.75) is 25.7 Å². The van der Waals surface area contributed by atoms with Gasteiger partial charge >= 0.3 is 0 Å². The van der Waals surface area contributed by atoms with Crippen molar-refractivity contribution in [1.82, 2.24) is 0 Å². The smallest absolute Gasteiger partial charge is 0.201 e. The third kappa shape index (κ3) is 4.31. The summed E-state index contributed by atoms with van der Waals surface area (Å²) >= 11 is 6.17. The molecule has 4 nitrogen and oxygen atoms in total. The SMILES string of the molecule is Cc1ccc2c(c1)N=C(C(Cc1ccccc1)c1ccc(-c3cc(Cl)ccc3C#N)c[n+]1[O-])C2. The van der Waals surface area contributed by atoms with Gasteiger partial charge in [-0.1, -0.05) is 54.1 Å². The largest absolute Gasteiger partial charge is 0.618 e. The summed E-state index contributed by atoms with van der Waals surface area (Å²) in [7, 11) is 0. The van der Waals surface area contributed by atoms with Crippen LogP contribution in [0.2, 0.25) is 5.02 Å². The molecule has 166 valence electrons. The number of rotatable bonds is 5. The van der Waals surface area contributed by atoms with Gasteiger partial charge in [0.05, 0.1) is 23.2 Å². The maximum Gasteiger partial charge on any atom is 0.201 e. The zero-order chi connectivity index (χ0) is 23.7. The minimum atomic E-state index is -0.170. The van der Waals surface area contributed by atoms with Gasteiger partial charge in [0.15, 0.2) is 6.20 Å². The van der Waals surface area contributed by atoms with E-state index in [4.69, 9.17) is 16.6 Å². The second kappa shape index (κ2) is 9.13. The molecule has 0 N–H and O–H groups in total. The first-order chi connectivity index (χ1) is 16.5. The van der Waals surface area contributed by atoms with E-state index >= 15 is 0 Å². The van der Waals surface area contributed by atoms with Crippen molar-refractivity contribution >= 4 is 23.0 Å². The predicted molar refractivity (Wildman–Crippen MR) is 135 cm³/mol. The number of hydrogen-bond donors (Lipinski definition) is 0. The molecule has 34 heavy (non-hydrogen) atoms. The molecule has 3 aromatic carbocycles. The van der Waals surface area contributed by atoms with Gasteiger partial charge in [0.2, 0.25) is 5.69 Å². The highest BCUT2D eigenvalue weighted by Gasteiger charge is 2.30. The molecule has 0 saturated carbocycles. The number of fused-ring (bicyclic) bond motifs is 1. The average molecular weight is 464 g/mol. The molecule has 0 fully saturated rings. The van der Waals surface area contributed by atoms with Gasteiger partial charge in [-0.25, -0.2) is 0 Å². The van der Waals surface area contributed by atoms with Crippen LogP contribution in [0.25, 0.3) is 11.1 Å². The highest BCUT2D eigenvalue weighted by molar-refractivity contribution is 6.30. The van der Waals surface area contributed by atoms with Crippen LogP contribution in [0.15, 0.2) is 90.1 Å². The Labute approximate surface area is 204 Å². The van der Waals surface area contributed by atoms with Crippen LogP contribution < -0.4 is 4.73 Å². The van der Waals surface area contributed by atoms with Crippen LogP contribution in [0.5, 0.6) is 0 Å². The maximum absolute atomic E-state index is 13.4. The molecule has 0 bridgehead atoms. The zero-order valence-electron chi connectivity index (χ0n) is 18.7. The van der Waals surface area contributed by atoms with Crippen LogP contribution in [0.4, 0.5) is 5.69 Å². The zero-order valence-corrected chi connectivity index (χ0v) is 19.5. The summed E-state index contributed by atoms with van der Waals surface area (Å²) in [6.07, 6.45) is 2.93. The van der Waals surface area contributed by atoms with Gasteiger partial charge in [-0.2, -0.15) is 9.99 Å². The van der Waals surface area contributed by atoms with Crippen molar-refractivity contribution in [3.8, 4) is 17.2 Å². The number of nitrogens with zero attached hydrogens (tertiary/aromatic N) is 3. The summed E-state index contributed by atoms with van der Waals surface area (Å²) in [5.41, 5.74) is 7.89. The molecule has 2 heterocycles. The molecule has 1 unspecified atom stereocenters. The second-order valence-electron chi connectivity index (χ2n) is 8.62. The number of aryl methyl sites for hydroxylation is 1. The fourth-order valence-corrected chi connectivity index (χ4v) is 4.71. The molecule has 5 rings (SSSR count). The summed E-state index contributed by atoms with van der Waals surface area (Å²) in [6.45, 7) is 2.06. The van der Waals surface area contributed by atoms with Crippen molar-refractivity contribution < 1.29 is 4.73 Å². The van der Waals surface area contributed by atoms with Gasteiger partial charge in [0.25, 0.3) is 0 Å². The van der Waals surface area contributed by atoms with Gasteiger partial charge in [-0.05, 0) is 60.4 Å². The van der Waals surface area contributed by atoms with Gasteiger partial charge in [-0.3, -0.25) is 4.99 Å². The molecular formula is C29H22ClN3O. The number of halogens is 1. The van der Waals surface area contributed by atoms with Crippen LogP contribution in [0.3, 0.4) is 0 Å². The first-order valence-corrected chi connectivity index (χ1v) is 11.5. The Hall–Kier alpha value is -3.94. The Morgan fingerprint density at radius 2 is 1.88 bits per heavy atom. The lowest BCUT2D eigenvalue weighted by Gasteiger charge is -2.18. The quantitative estimate of drug-likeness (QED) is 0.251. The van der Waals surface area contributed by atoms with Crippen molar-refractivity contribution in [2.75, 3.05) is 0 Å². The predicted octanol–water partition coefficient (Wildman–Crippen LogP) is 6.48. The van der Waals surface area contributed by atoms with Gasteiger partial charge in [-0.15, -0.1) is 0 Å². The van der Waals surface area contributed by atoms with E-state index in [0.717, 1.165) is 28.1 Å². The number of aliphatic imine (C=N–C) groups is 1. The highest BCUT2D eigenvalue weighted by Crippen LogP contribution is 2.34. The van der Waals surface area contributed by atoms with E-state index in [1.807, 2.05) is 30.3 Å². The first-order valence-electron chi connectivity index (χ1n) is 11.2. The Morgan fingerprint density at radius 1 is 1.06 bits per heavy atom. The maximum atomic E-state index is 13.4. The molecule has 0 aliphatic carbocycles. The summed E-state index contributed by atoms with van der Waals surface area (Å²) < 4.78 is 0.918. The lowest BCUT2D eigenvalue weighted by atomic mass is 9.88. The van der Waals surface area contributed by atoms with Crippen LogP contribution in [0.1, 0.15) is 33.9 Å². The van der Waals surface area contributed by atoms with E-state index < -0.39 is 0 Å². The summed E-state index contributed by atoms with van der Waals surface area (Å²) in [6, 6.07) is 27.5. The van der Waals surface area contributed by atoms with Crippen molar-refractivity contribution in [1.29, 1.82) is 5.26 Å². The second-order valence-corrected chi connectivity index (χ2v) is 9.06. The fraction of sp³-hybridized carbons (Fsp3) is 0.138. The van der Waals surface area contributed by atoms with Gasteiger partial charge in [0.1, 0.15) is 0 Å². The number of pyridine rings is 1. The molecule has 0 spiro atoms. The molecular weight excluding hydrogens is 442 g/mol. The number of aromatic nitrogens is 1. The Balaban J connectivity index is 1.57. The van der Waals surface area contributed by atoms with E-state index in [0.29, 0.717) is 33.8 Å². The third-order valence-electron chi connectivity index (χ3n) is 6.28. The highest BCUT2D eigenvalue weighted by atomic mass is 35.5. The summed E-state index contributed by atoms with van der Waals surface area (Å²) in [5.74, 6) is -0.170. The Bertz CT molecular complexity index is 1450. The minimum absolute atomic E-state index is 0.170. The number of benzene rings is 3. The standard InChI is InChI=1S/C29H22ClN3O/c1-19-7-8-21-15-28(32-27(21)13-19)26(14-20-5-3-2-4-6-20)29-12-10-23(18-33(29)34)25-16-24(30)11-9-22(25)17-31/h2-13,16,18,26H,14-15H2,1H3. The van der Waals surface area contributed by atoms with Crippen LogP contribution in [0, 0.1) is 23.5 Å². The van der Waals surface area contributed by atoms with Gasteiger partial charge < -0.3 is 5.21 Å². The van der Waals surface area contributed by atoms with Crippen LogP contribution in [-0.2, 0) is 12.8 Å². The molecule has 1 aliphatic rings. The molecule has 1 aliphatic heterocycles. The first kappa shape index (κ1) is 21.9. The van der Waals surface area contributed by atoms with Crippen LogP contribution in [-0.4, -0.2) is 5.71 Å². The molecule has 5 heteroatoms. The molecule has 4 aromatic rings. The minimum Gasteiger partial charge on any atom is -0.618 e. The van der Waals surface area contributed by atoms with Gasteiger partial charge in [0, 0.05) is 34.3 Å². The normalized spacial score (nSPS) is 13.1. The molecule has 1 atom stereocenters. The number of hydrogen-bond acceptors (Lipinski definition) is 3. The van der Waals surface area contributed by atoms with E-state index in [2.05, 4.69) is 43.3 Å². The monoisotopic (exact) mass is 463 g/mol. The van der Waals surface area contributed by atoms with Crippen molar-refractivity contribution in [3.63, 3.8) is 0 Å². The lowest BCUT2D eigenvalue weighted by Crippen LogP contribution is -2.36. The Kier molecular flexibility index (Phi) is 5.88. The molecule has 0 amide bonds. The summed E-state index contributed by atoms with van der Waals surface area (Å²) in [4.78, 5) is 4.95. The van der Waals surface area contributed by atoms with Crippen LogP contribution >= 0.6 is 11.6 Å². The summed E-state index contributed by atoms with van der Waals surface area (Å²) in [5, 5.41) is 23.4. The third-order valence-corrected chi connectivity index (χ3v) is 6.51. The van der Waals surface area contributed by atoms with E-state index in [1.165, 1.54) is 17.3 Å². The fourth-order valence-electron chi connectivity index (χ4n) is 4.54. The lowest BCUT2D eigenvalue weighted by molar-refractivity contribution is -0.614. The number of nitriles is 1. The Morgan fingerprint density at radius 3 is 2.65 bits per heavy atom. The van der Waals surface area contributed by atoms with E-state index in [-0.39, 0.29) is 5.92 Å². The van der Waals surface area contributed by atoms with Crippen molar-refractivity contribution in [3.05, 3.63) is 123 Å². The average Bonchev–Trinajstić information content (AvgIpc) is 3.26. The topological polar surface area (TPSA) is 63.1 Å². The molecule has 0 radical (unpaired) electrons.